The fourth-order valence-corrected chi connectivity index (χ4v) is 2.88. The van der Waals surface area contributed by atoms with E-state index in [4.69, 9.17) is 9.47 Å². The first-order chi connectivity index (χ1) is 10.8. The van der Waals surface area contributed by atoms with E-state index in [-0.39, 0.29) is 12.4 Å². The Labute approximate surface area is 146 Å². The molecule has 0 unspecified atom stereocenters. The quantitative estimate of drug-likeness (QED) is 0.524. The fraction of sp³-hybridized carbons (Fsp3) is 0.533. The maximum Gasteiger partial charge on any atom is 0.359 e. The predicted molar refractivity (Wildman–Crippen MR) is 97.4 cm³/mol. The van der Waals surface area contributed by atoms with Crippen LogP contribution in [-0.4, -0.2) is 58.5 Å². The van der Waals surface area contributed by atoms with Crippen LogP contribution in [0.5, 0.6) is 0 Å². The van der Waals surface area contributed by atoms with Gasteiger partial charge in [-0.1, -0.05) is 0 Å². The van der Waals surface area contributed by atoms with Gasteiger partial charge in [-0.05, 0) is 47.7 Å². The highest BCUT2D eigenvalue weighted by Gasteiger charge is 2.19. The summed E-state index contributed by atoms with van der Waals surface area (Å²) in [5.74, 6) is 0.575. The maximum absolute atomic E-state index is 12.1. The molecule has 0 atom stereocenters. The molecule has 23 heavy (non-hydrogen) atoms. The molecule has 0 spiro atoms. The highest BCUT2D eigenvalue weighted by atomic mass is 79.9. The topological polar surface area (TPSA) is 66.2 Å². The maximum atomic E-state index is 12.1. The zero-order chi connectivity index (χ0) is 17.0. The number of hydrogen-bond acceptors (Lipinski definition) is 5. The molecule has 0 N–H and O–H groups in total. The Morgan fingerprint density at radius 3 is 2.78 bits per heavy atom. The first-order valence-electron chi connectivity index (χ1n) is 7.25. The molecule has 0 fully saturated rings. The Balaban J connectivity index is 2.21. The van der Waals surface area contributed by atoms with Gasteiger partial charge in [0, 0.05) is 16.4 Å². The number of aromatic nitrogens is 3. The van der Waals surface area contributed by atoms with Gasteiger partial charge in [0.25, 0.3) is 0 Å². The Morgan fingerprint density at radius 1 is 1.39 bits per heavy atom. The largest absolute Gasteiger partial charge is 0.461 e. The average Bonchev–Trinajstić information content (AvgIpc) is 2.81. The monoisotopic (exact) mass is 403 g/mol. The molecular formula is C15H22BrN3O3S. The van der Waals surface area contributed by atoms with Crippen LogP contribution in [-0.2, 0) is 16.2 Å². The van der Waals surface area contributed by atoms with E-state index in [0.29, 0.717) is 24.2 Å². The van der Waals surface area contributed by atoms with Crippen molar-refractivity contribution in [3.8, 4) is 0 Å². The van der Waals surface area contributed by atoms with Crippen LogP contribution in [0.25, 0.3) is 11.0 Å². The summed E-state index contributed by atoms with van der Waals surface area (Å²) < 4.78 is 13.2. The van der Waals surface area contributed by atoms with Crippen LogP contribution < -0.4 is 0 Å². The number of pyridine rings is 1. The zero-order valence-corrected chi connectivity index (χ0v) is 16.2. The van der Waals surface area contributed by atoms with E-state index in [1.54, 1.807) is 17.8 Å². The number of fused-ring (bicyclic) bond motifs is 1. The number of rotatable bonds is 7. The Morgan fingerprint density at radius 2 is 2.13 bits per heavy atom. The van der Waals surface area contributed by atoms with Gasteiger partial charge in [-0.2, -0.15) is 5.10 Å². The lowest BCUT2D eigenvalue weighted by Crippen LogP contribution is -2.12. The molecule has 0 aliphatic heterocycles. The third-order valence-corrected chi connectivity index (χ3v) is 4.90. The normalized spacial score (nSPS) is 12.6. The van der Waals surface area contributed by atoms with Crippen molar-refractivity contribution in [2.45, 2.75) is 13.7 Å². The van der Waals surface area contributed by atoms with Crippen LogP contribution in [0.1, 0.15) is 17.4 Å². The molecule has 0 radical (unpaired) electrons. The second-order valence-corrected chi connectivity index (χ2v) is 11.4. The number of esters is 1. The van der Waals surface area contributed by atoms with Crippen LogP contribution in [0.2, 0.25) is 0 Å². The van der Waals surface area contributed by atoms with E-state index >= 15 is 0 Å². The second-order valence-electron chi connectivity index (χ2n) is 5.93. The summed E-state index contributed by atoms with van der Waals surface area (Å²) in [4.78, 5) is 16.4. The number of carbonyl (C=O) groups excluding carboxylic acids is 1. The van der Waals surface area contributed by atoms with Crippen molar-refractivity contribution in [3.05, 3.63) is 22.4 Å². The van der Waals surface area contributed by atoms with Crippen LogP contribution in [0, 0.1) is 0 Å². The summed E-state index contributed by atoms with van der Waals surface area (Å²) in [5.41, 5.74) is 0.875. The average molecular weight is 404 g/mol. The number of ether oxygens (including phenoxy) is 2. The van der Waals surface area contributed by atoms with Crippen LogP contribution in [0.4, 0.5) is 0 Å². The van der Waals surface area contributed by atoms with Crippen molar-refractivity contribution in [1.82, 2.24) is 14.8 Å². The minimum Gasteiger partial charge on any atom is -0.461 e. The van der Waals surface area contributed by atoms with E-state index in [1.807, 2.05) is 6.07 Å². The van der Waals surface area contributed by atoms with Gasteiger partial charge < -0.3 is 9.47 Å². The third-order valence-electron chi connectivity index (χ3n) is 3.08. The minimum atomic E-state index is -0.593. The van der Waals surface area contributed by atoms with Gasteiger partial charge >= 0.3 is 5.97 Å². The molecular weight excluding hydrogens is 382 g/mol. The van der Waals surface area contributed by atoms with Gasteiger partial charge in [0.1, 0.15) is 6.73 Å². The Hall–Kier alpha value is -1.12. The van der Waals surface area contributed by atoms with Crippen molar-refractivity contribution in [3.63, 3.8) is 0 Å². The molecule has 2 aromatic rings. The molecule has 6 nitrogen and oxygen atoms in total. The number of carbonyl (C=O) groups is 1. The molecule has 0 bridgehead atoms. The number of halogens is 1. The molecule has 0 amide bonds. The minimum absolute atomic E-state index is 0.264. The van der Waals surface area contributed by atoms with Crippen LogP contribution in [0.15, 0.2) is 16.7 Å². The second kappa shape index (κ2) is 7.63. The summed E-state index contributed by atoms with van der Waals surface area (Å²) in [5, 5.41) is 4.98. The van der Waals surface area contributed by atoms with Crippen molar-refractivity contribution < 1.29 is 14.3 Å². The van der Waals surface area contributed by atoms with E-state index in [1.165, 1.54) is 0 Å². The van der Waals surface area contributed by atoms with Crippen molar-refractivity contribution in [1.29, 1.82) is 0 Å². The lowest BCUT2D eigenvalue weighted by molar-refractivity contribution is 0.0514. The lowest BCUT2D eigenvalue weighted by atomic mass is 10.2. The molecule has 0 saturated heterocycles. The summed E-state index contributed by atoms with van der Waals surface area (Å²) in [6.07, 6.45) is 8.42. The van der Waals surface area contributed by atoms with Gasteiger partial charge in [-0.15, -0.1) is 0 Å². The smallest absolute Gasteiger partial charge is 0.359 e. The number of nitrogens with zero attached hydrogens (tertiary/aromatic N) is 3. The molecule has 2 heterocycles. The fourth-order valence-electron chi connectivity index (χ4n) is 1.93. The molecule has 128 valence electrons. The zero-order valence-electron chi connectivity index (χ0n) is 13.8. The number of hydrogen-bond donors (Lipinski definition) is 0. The van der Waals surface area contributed by atoms with E-state index in [2.05, 4.69) is 44.8 Å². The summed E-state index contributed by atoms with van der Waals surface area (Å²) >= 11 is 3.37. The standard InChI is InChI=1S/C15H22BrN3O3S/c1-5-22-15(20)13-12-8-11(16)9-17-14(12)19(18-13)10-21-6-7-23(2,3)4/h8-9H,5-7,10H2,1-4H3. The van der Waals surface area contributed by atoms with Crippen molar-refractivity contribution >= 4 is 43.0 Å². The van der Waals surface area contributed by atoms with Gasteiger partial charge in [0.05, 0.1) is 18.6 Å². The van der Waals surface area contributed by atoms with Crippen LogP contribution >= 0.6 is 26.0 Å². The SMILES string of the molecule is CCOC(=O)c1nn(COCCS(C)(C)C)c2ncc(Br)cc12. The van der Waals surface area contributed by atoms with Crippen LogP contribution in [0.3, 0.4) is 0 Å². The molecule has 8 heteroatoms. The Bertz CT molecular complexity index is 697. The van der Waals surface area contributed by atoms with Gasteiger partial charge in [-0.25, -0.2) is 24.5 Å². The highest BCUT2D eigenvalue weighted by Crippen LogP contribution is 2.33. The third kappa shape index (κ3) is 4.92. The molecule has 0 aliphatic carbocycles. The van der Waals surface area contributed by atoms with Gasteiger partial charge in [-0.3, -0.25) is 0 Å². The molecule has 2 aromatic heterocycles. The van der Waals surface area contributed by atoms with Crippen molar-refractivity contribution in [2.75, 3.05) is 37.7 Å². The van der Waals surface area contributed by atoms with E-state index in [0.717, 1.165) is 10.2 Å². The summed E-state index contributed by atoms with van der Waals surface area (Å²) in [7, 11) is -0.593. The van der Waals surface area contributed by atoms with Gasteiger partial charge in [0.15, 0.2) is 11.3 Å². The van der Waals surface area contributed by atoms with Gasteiger partial charge in [0.2, 0.25) is 0 Å². The summed E-state index contributed by atoms with van der Waals surface area (Å²) in [6.45, 7) is 2.99. The highest BCUT2D eigenvalue weighted by molar-refractivity contribution is 9.10. The molecule has 0 aliphatic rings. The van der Waals surface area contributed by atoms with E-state index < -0.39 is 16.0 Å². The van der Waals surface area contributed by atoms with E-state index in [9.17, 15) is 4.79 Å². The first kappa shape index (κ1) is 18.2. The predicted octanol–water partition coefficient (Wildman–Crippen LogP) is 3.04. The molecule has 0 saturated carbocycles. The lowest BCUT2D eigenvalue weighted by Gasteiger charge is -2.24. The molecule has 0 aromatic carbocycles. The molecule has 2 rings (SSSR count). The Kier molecular flexibility index (Phi) is 6.05. The first-order valence-corrected chi connectivity index (χ1v) is 11.1. The summed E-state index contributed by atoms with van der Waals surface area (Å²) in [6, 6.07) is 1.82. The van der Waals surface area contributed by atoms with Crippen molar-refractivity contribution in [2.24, 2.45) is 0 Å².